The first-order valence-corrected chi connectivity index (χ1v) is 6.66. The Kier molecular flexibility index (Phi) is 4.52. The predicted octanol–water partition coefficient (Wildman–Crippen LogP) is 5.32. The average Bonchev–Trinajstić information content (AvgIpc) is 2.46. The molecule has 0 saturated carbocycles. The van der Waals surface area contributed by atoms with E-state index >= 15 is 0 Å². The van der Waals surface area contributed by atoms with Crippen LogP contribution in [0.4, 0.5) is 17.6 Å². The molecule has 0 fully saturated rings. The molecule has 0 saturated heterocycles. The summed E-state index contributed by atoms with van der Waals surface area (Å²) in [7, 11) is 0. The van der Waals surface area contributed by atoms with Crippen molar-refractivity contribution in [2.45, 2.75) is 24.4 Å². The zero-order valence-electron chi connectivity index (χ0n) is 11.0. The van der Waals surface area contributed by atoms with E-state index in [1.54, 1.807) is 31.3 Å². The molecule has 0 spiro atoms. The van der Waals surface area contributed by atoms with E-state index in [-0.39, 0.29) is 5.56 Å². The standard InChI is InChI=1S/C15H12ClF4N/c1-9(13-4-2-3-7-21-13)14(16)11-8-10(15(18,19)20)5-6-12(11)17/h2-9,14H,1H3. The van der Waals surface area contributed by atoms with Gasteiger partial charge in [-0.3, -0.25) is 4.98 Å². The summed E-state index contributed by atoms with van der Waals surface area (Å²) in [5.74, 6) is -1.18. The number of benzene rings is 1. The van der Waals surface area contributed by atoms with Gasteiger partial charge < -0.3 is 0 Å². The van der Waals surface area contributed by atoms with Crippen molar-refractivity contribution in [1.82, 2.24) is 4.98 Å². The summed E-state index contributed by atoms with van der Waals surface area (Å²) < 4.78 is 51.9. The van der Waals surface area contributed by atoms with Crippen LogP contribution >= 0.6 is 11.6 Å². The lowest BCUT2D eigenvalue weighted by atomic mass is 9.95. The molecule has 1 nitrogen and oxygen atoms in total. The van der Waals surface area contributed by atoms with Crippen molar-refractivity contribution in [3.8, 4) is 0 Å². The molecule has 0 aliphatic rings. The summed E-state index contributed by atoms with van der Waals surface area (Å²) in [6, 6.07) is 7.40. The van der Waals surface area contributed by atoms with Gasteiger partial charge in [-0.05, 0) is 30.3 Å². The highest BCUT2D eigenvalue weighted by atomic mass is 35.5. The van der Waals surface area contributed by atoms with Crippen LogP contribution in [0.25, 0.3) is 0 Å². The van der Waals surface area contributed by atoms with Gasteiger partial charge in [-0.1, -0.05) is 13.0 Å². The Balaban J connectivity index is 2.37. The van der Waals surface area contributed by atoms with Crippen LogP contribution in [0.1, 0.15) is 35.0 Å². The maximum absolute atomic E-state index is 13.8. The predicted molar refractivity (Wildman–Crippen MR) is 72.6 cm³/mol. The number of nitrogens with zero attached hydrogens (tertiary/aromatic N) is 1. The molecule has 0 amide bonds. The van der Waals surface area contributed by atoms with E-state index < -0.39 is 28.9 Å². The molecule has 1 aromatic heterocycles. The normalized spacial score (nSPS) is 14.8. The van der Waals surface area contributed by atoms with E-state index in [0.717, 1.165) is 12.1 Å². The highest BCUT2D eigenvalue weighted by molar-refractivity contribution is 6.21. The van der Waals surface area contributed by atoms with Crippen LogP contribution in [0.15, 0.2) is 42.6 Å². The highest BCUT2D eigenvalue weighted by Gasteiger charge is 2.32. The summed E-state index contributed by atoms with van der Waals surface area (Å²) in [4.78, 5) is 4.10. The molecule has 1 aromatic carbocycles. The molecule has 2 atom stereocenters. The van der Waals surface area contributed by atoms with Crippen LogP contribution in [0.2, 0.25) is 0 Å². The van der Waals surface area contributed by atoms with Crippen LogP contribution in [-0.4, -0.2) is 4.98 Å². The van der Waals surface area contributed by atoms with Crippen molar-refractivity contribution in [3.63, 3.8) is 0 Å². The molecule has 112 valence electrons. The van der Waals surface area contributed by atoms with Gasteiger partial charge in [-0.25, -0.2) is 4.39 Å². The van der Waals surface area contributed by atoms with Gasteiger partial charge in [-0.2, -0.15) is 13.2 Å². The van der Waals surface area contributed by atoms with Gasteiger partial charge in [0, 0.05) is 23.4 Å². The molecule has 0 radical (unpaired) electrons. The van der Waals surface area contributed by atoms with Gasteiger partial charge in [0.05, 0.1) is 10.9 Å². The maximum Gasteiger partial charge on any atom is 0.416 e. The second kappa shape index (κ2) is 6.02. The molecule has 21 heavy (non-hydrogen) atoms. The molecule has 0 N–H and O–H groups in total. The van der Waals surface area contributed by atoms with Crippen molar-refractivity contribution in [3.05, 3.63) is 65.2 Å². The topological polar surface area (TPSA) is 12.9 Å². The van der Waals surface area contributed by atoms with Gasteiger partial charge in [0.25, 0.3) is 0 Å². The number of pyridine rings is 1. The number of hydrogen-bond donors (Lipinski definition) is 0. The zero-order chi connectivity index (χ0) is 15.6. The number of rotatable bonds is 3. The molecule has 1 heterocycles. The van der Waals surface area contributed by atoms with Gasteiger partial charge >= 0.3 is 6.18 Å². The molecule has 2 rings (SSSR count). The minimum Gasteiger partial charge on any atom is -0.261 e. The molecule has 0 aliphatic heterocycles. The lowest BCUT2D eigenvalue weighted by Crippen LogP contribution is -2.10. The van der Waals surface area contributed by atoms with Crippen molar-refractivity contribution >= 4 is 11.6 Å². The number of alkyl halides is 4. The Morgan fingerprint density at radius 1 is 1.14 bits per heavy atom. The Morgan fingerprint density at radius 3 is 2.43 bits per heavy atom. The van der Waals surface area contributed by atoms with E-state index in [9.17, 15) is 17.6 Å². The Morgan fingerprint density at radius 2 is 1.86 bits per heavy atom. The van der Waals surface area contributed by atoms with Gasteiger partial charge in [0.1, 0.15) is 5.82 Å². The van der Waals surface area contributed by atoms with E-state index in [1.165, 1.54) is 0 Å². The SMILES string of the molecule is CC(c1ccccn1)C(Cl)c1cc(C(F)(F)F)ccc1F. The summed E-state index contributed by atoms with van der Waals surface area (Å²) in [6.07, 6.45) is -2.98. The van der Waals surface area contributed by atoms with E-state index in [4.69, 9.17) is 11.6 Å². The molecule has 6 heteroatoms. The first-order chi connectivity index (χ1) is 9.80. The quantitative estimate of drug-likeness (QED) is 0.551. The van der Waals surface area contributed by atoms with Gasteiger partial charge in [0.2, 0.25) is 0 Å². The highest BCUT2D eigenvalue weighted by Crippen LogP contribution is 2.39. The van der Waals surface area contributed by atoms with E-state index in [0.29, 0.717) is 11.8 Å². The van der Waals surface area contributed by atoms with Crippen LogP contribution in [0.3, 0.4) is 0 Å². The fourth-order valence-electron chi connectivity index (χ4n) is 2.00. The van der Waals surface area contributed by atoms with Crippen molar-refractivity contribution in [2.75, 3.05) is 0 Å². The monoisotopic (exact) mass is 317 g/mol. The first kappa shape index (κ1) is 15.8. The lowest BCUT2D eigenvalue weighted by molar-refractivity contribution is -0.137. The first-order valence-electron chi connectivity index (χ1n) is 6.22. The third-order valence-electron chi connectivity index (χ3n) is 3.21. The van der Waals surface area contributed by atoms with Crippen LogP contribution < -0.4 is 0 Å². The van der Waals surface area contributed by atoms with E-state index in [2.05, 4.69) is 4.98 Å². The van der Waals surface area contributed by atoms with Gasteiger partial charge in [-0.15, -0.1) is 11.6 Å². The summed E-state index contributed by atoms with van der Waals surface area (Å²) in [6.45, 7) is 1.69. The fraction of sp³-hybridized carbons (Fsp3) is 0.267. The summed E-state index contributed by atoms with van der Waals surface area (Å²) >= 11 is 6.17. The summed E-state index contributed by atoms with van der Waals surface area (Å²) in [5.41, 5.74) is -0.503. The van der Waals surface area contributed by atoms with Crippen molar-refractivity contribution in [2.24, 2.45) is 0 Å². The Hall–Kier alpha value is -1.62. The molecular formula is C15H12ClF4N. The number of hydrogen-bond acceptors (Lipinski definition) is 1. The van der Waals surface area contributed by atoms with E-state index in [1.807, 2.05) is 0 Å². The molecule has 2 aromatic rings. The van der Waals surface area contributed by atoms with Crippen LogP contribution in [0.5, 0.6) is 0 Å². The molecule has 0 bridgehead atoms. The van der Waals surface area contributed by atoms with Crippen molar-refractivity contribution in [1.29, 1.82) is 0 Å². The third-order valence-corrected chi connectivity index (χ3v) is 3.83. The lowest BCUT2D eigenvalue weighted by Gasteiger charge is -2.19. The smallest absolute Gasteiger partial charge is 0.261 e. The molecule has 2 unspecified atom stereocenters. The summed E-state index contributed by atoms with van der Waals surface area (Å²) in [5, 5.41) is -0.942. The van der Waals surface area contributed by atoms with Crippen LogP contribution in [0, 0.1) is 5.82 Å². The maximum atomic E-state index is 13.8. The van der Waals surface area contributed by atoms with Gasteiger partial charge in [0.15, 0.2) is 0 Å². The third kappa shape index (κ3) is 3.53. The second-order valence-electron chi connectivity index (χ2n) is 4.68. The second-order valence-corrected chi connectivity index (χ2v) is 5.15. The van der Waals surface area contributed by atoms with Crippen molar-refractivity contribution < 1.29 is 17.6 Å². The minimum absolute atomic E-state index is 0.176. The molecular weight excluding hydrogens is 306 g/mol. The molecule has 0 aliphatic carbocycles. The Labute approximate surface area is 124 Å². The Bertz CT molecular complexity index is 613. The number of halogens is 5. The van der Waals surface area contributed by atoms with Crippen LogP contribution in [-0.2, 0) is 6.18 Å². The minimum atomic E-state index is -4.53. The fourth-order valence-corrected chi connectivity index (χ4v) is 2.29. The number of aromatic nitrogens is 1. The zero-order valence-corrected chi connectivity index (χ0v) is 11.8. The largest absolute Gasteiger partial charge is 0.416 e. The average molecular weight is 318 g/mol.